The van der Waals surface area contributed by atoms with Crippen LogP contribution in [0.3, 0.4) is 0 Å². The lowest BCUT2D eigenvalue weighted by molar-refractivity contribution is 0.0382. The monoisotopic (exact) mass is 430 g/mol. The van der Waals surface area contributed by atoms with Crippen LogP contribution in [0.5, 0.6) is 0 Å². The molecule has 0 aliphatic heterocycles. The highest BCUT2D eigenvalue weighted by Crippen LogP contribution is 2.19. The maximum atomic E-state index is 12.5. The van der Waals surface area contributed by atoms with E-state index >= 15 is 0 Å². The molecule has 11 heteroatoms. The average molecular weight is 430 g/mol. The summed E-state index contributed by atoms with van der Waals surface area (Å²) in [5.74, 6) is -7.69. The number of carbonyl (C=O) groups is 6. The summed E-state index contributed by atoms with van der Waals surface area (Å²) in [7, 11) is 2.04. The van der Waals surface area contributed by atoms with Crippen molar-refractivity contribution in [2.75, 3.05) is 14.2 Å². The van der Waals surface area contributed by atoms with Crippen LogP contribution in [-0.4, -0.2) is 60.2 Å². The molecule has 2 aromatic carbocycles. The van der Waals surface area contributed by atoms with Crippen LogP contribution < -0.4 is 0 Å². The molecule has 0 aliphatic rings. The Morgan fingerprint density at radius 1 is 0.581 bits per heavy atom. The molecule has 0 amide bonds. The minimum Gasteiger partial charge on any atom is -0.478 e. The first kappa shape index (κ1) is 22.7. The lowest BCUT2D eigenvalue weighted by Gasteiger charge is -2.10. The zero-order chi connectivity index (χ0) is 23.3. The minimum absolute atomic E-state index is 0.377. The van der Waals surface area contributed by atoms with E-state index in [1.807, 2.05) is 0 Å². The average Bonchev–Trinajstić information content (AvgIpc) is 2.76. The van der Waals surface area contributed by atoms with E-state index in [9.17, 15) is 28.8 Å². The van der Waals surface area contributed by atoms with E-state index in [1.165, 1.54) is 0 Å². The van der Waals surface area contributed by atoms with Crippen LogP contribution in [0, 0.1) is 0 Å². The van der Waals surface area contributed by atoms with Gasteiger partial charge in [-0.2, -0.15) is 0 Å². The van der Waals surface area contributed by atoms with E-state index in [0.29, 0.717) is 0 Å². The number of methoxy groups -OCH3 is 2. The molecule has 0 saturated heterocycles. The summed E-state index contributed by atoms with van der Waals surface area (Å²) in [4.78, 5) is 71.2. The van der Waals surface area contributed by atoms with E-state index in [4.69, 9.17) is 10.2 Å². The highest BCUT2D eigenvalue weighted by atomic mass is 16.6. The molecular weight excluding hydrogens is 416 g/mol. The molecule has 0 bridgehead atoms. The van der Waals surface area contributed by atoms with Crippen LogP contribution in [0.4, 0.5) is 0 Å². The van der Waals surface area contributed by atoms with E-state index < -0.39 is 46.9 Å². The van der Waals surface area contributed by atoms with Gasteiger partial charge in [0.15, 0.2) is 0 Å². The molecule has 0 aromatic heterocycles. The first-order valence-electron chi connectivity index (χ1n) is 8.28. The summed E-state index contributed by atoms with van der Waals surface area (Å²) in [6, 6.07) is 5.69. The maximum Gasteiger partial charge on any atom is 0.346 e. The summed E-state index contributed by atoms with van der Waals surface area (Å²) in [6.07, 6.45) is 0. The quantitative estimate of drug-likeness (QED) is 0.388. The number of carboxylic acids is 2. The molecule has 2 rings (SSSR count). The van der Waals surface area contributed by atoms with Crippen molar-refractivity contribution >= 4 is 35.8 Å². The molecule has 0 spiro atoms. The van der Waals surface area contributed by atoms with Gasteiger partial charge in [0.05, 0.1) is 47.6 Å². The fourth-order valence-corrected chi connectivity index (χ4v) is 2.46. The third-order valence-electron chi connectivity index (χ3n) is 3.97. The van der Waals surface area contributed by atoms with Gasteiger partial charge >= 0.3 is 35.8 Å². The molecule has 2 aromatic rings. The largest absolute Gasteiger partial charge is 0.478 e. The Morgan fingerprint density at radius 3 is 1.23 bits per heavy atom. The van der Waals surface area contributed by atoms with Gasteiger partial charge in [-0.3, -0.25) is 0 Å². The molecule has 0 unspecified atom stereocenters. The molecule has 0 radical (unpaired) electrons. The molecule has 2 N–H and O–H groups in total. The van der Waals surface area contributed by atoms with Crippen LogP contribution >= 0.6 is 0 Å². The molecule has 0 fully saturated rings. The molecule has 31 heavy (non-hydrogen) atoms. The summed E-state index contributed by atoms with van der Waals surface area (Å²) in [5, 5.41) is 18.2. The first-order chi connectivity index (χ1) is 14.6. The lowest BCUT2D eigenvalue weighted by Crippen LogP contribution is -2.20. The predicted octanol–water partition coefficient (Wildman–Crippen LogP) is 1.65. The van der Waals surface area contributed by atoms with Crippen molar-refractivity contribution in [2.45, 2.75) is 0 Å². The third kappa shape index (κ3) is 4.90. The predicted molar refractivity (Wildman–Crippen MR) is 99.2 cm³/mol. The number of hydrogen-bond donors (Lipinski definition) is 2. The van der Waals surface area contributed by atoms with Crippen molar-refractivity contribution in [3.63, 3.8) is 0 Å². The molecular formula is C20H14O11. The van der Waals surface area contributed by atoms with Crippen molar-refractivity contribution in [2.24, 2.45) is 0 Å². The number of carboxylic acid groups (broad SMARTS) is 2. The number of carbonyl (C=O) groups excluding carboxylic acids is 4. The summed E-state index contributed by atoms with van der Waals surface area (Å²) >= 11 is 0. The highest BCUT2D eigenvalue weighted by molar-refractivity contribution is 6.12. The second-order valence-corrected chi connectivity index (χ2v) is 5.79. The molecule has 11 nitrogen and oxygen atoms in total. The number of hydrogen-bond acceptors (Lipinski definition) is 9. The van der Waals surface area contributed by atoms with Gasteiger partial charge in [0, 0.05) is 0 Å². The highest BCUT2D eigenvalue weighted by Gasteiger charge is 2.27. The van der Waals surface area contributed by atoms with Crippen LogP contribution in [-0.2, 0) is 14.2 Å². The molecule has 0 atom stereocenters. The fourth-order valence-electron chi connectivity index (χ4n) is 2.46. The van der Waals surface area contributed by atoms with Gasteiger partial charge in [0.25, 0.3) is 0 Å². The number of benzene rings is 2. The van der Waals surface area contributed by atoms with Gasteiger partial charge < -0.3 is 24.4 Å². The van der Waals surface area contributed by atoms with Crippen molar-refractivity contribution < 1.29 is 53.2 Å². The number of esters is 4. The number of ether oxygens (including phenoxy) is 3. The lowest BCUT2D eigenvalue weighted by atomic mass is 10.0. The van der Waals surface area contributed by atoms with Crippen LogP contribution in [0.1, 0.15) is 62.1 Å². The van der Waals surface area contributed by atoms with Crippen LogP contribution in [0.25, 0.3) is 0 Å². The SMILES string of the molecule is COC(=O)c1ccc(C(=O)O)cc1C(=O)OC(=O)c1cc(C(=O)O)ccc1C(=O)OC. The first-order valence-corrected chi connectivity index (χ1v) is 8.28. The minimum atomic E-state index is -1.43. The van der Waals surface area contributed by atoms with E-state index in [-0.39, 0.29) is 22.3 Å². The van der Waals surface area contributed by atoms with Gasteiger partial charge in [-0.25, -0.2) is 28.8 Å². The molecule has 0 aliphatic carbocycles. The maximum absolute atomic E-state index is 12.5. The Balaban J connectivity index is 2.50. The number of rotatable bonds is 6. The Morgan fingerprint density at radius 2 is 0.935 bits per heavy atom. The smallest absolute Gasteiger partial charge is 0.346 e. The van der Waals surface area contributed by atoms with Crippen molar-refractivity contribution in [3.8, 4) is 0 Å². The Labute approximate surface area is 173 Å². The summed E-state index contributed by atoms with van der Waals surface area (Å²) in [6.45, 7) is 0. The number of aromatic carboxylic acids is 2. The molecule has 0 heterocycles. The van der Waals surface area contributed by atoms with E-state index in [0.717, 1.165) is 50.6 Å². The van der Waals surface area contributed by atoms with Gasteiger partial charge in [-0.15, -0.1) is 0 Å². The topological polar surface area (TPSA) is 171 Å². The van der Waals surface area contributed by atoms with Gasteiger partial charge in [0.2, 0.25) is 0 Å². The van der Waals surface area contributed by atoms with Gasteiger partial charge in [-0.1, -0.05) is 0 Å². The van der Waals surface area contributed by atoms with E-state index in [1.54, 1.807) is 0 Å². The standard InChI is InChI=1S/C20H14O11/c1-29-17(25)11-5-3-9(15(21)22)7-13(11)19(27)31-20(28)14-8-10(16(23)24)4-6-12(14)18(26)30-2/h3-8H,1-2H3,(H,21,22)(H,23,24). The van der Waals surface area contributed by atoms with Crippen molar-refractivity contribution in [3.05, 3.63) is 69.8 Å². The summed E-state index contributed by atoms with van der Waals surface area (Å²) < 4.78 is 13.7. The molecule has 160 valence electrons. The fraction of sp³-hybridized carbons (Fsp3) is 0.100. The third-order valence-corrected chi connectivity index (χ3v) is 3.97. The van der Waals surface area contributed by atoms with E-state index in [2.05, 4.69) is 14.2 Å². The molecule has 0 saturated carbocycles. The van der Waals surface area contributed by atoms with Crippen molar-refractivity contribution in [1.29, 1.82) is 0 Å². The van der Waals surface area contributed by atoms with Gasteiger partial charge in [-0.05, 0) is 36.4 Å². The zero-order valence-electron chi connectivity index (χ0n) is 16.0. The Bertz CT molecular complexity index is 1030. The van der Waals surface area contributed by atoms with Gasteiger partial charge in [0.1, 0.15) is 0 Å². The van der Waals surface area contributed by atoms with Crippen LogP contribution in [0.2, 0.25) is 0 Å². The van der Waals surface area contributed by atoms with Crippen LogP contribution in [0.15, 0.2) is 36.4 Å². The summed E-state index contributed by atoms with van der Waals surface area (Å²) in [5.41, 5.74) is -2.69. The van der Waals surface area contributed by atoms with Crippen molar-refractivity contribution in [1.82, 2.24) is 0 Å². The second kappa shape index (κ2) is 9.31. The zero-order valence-corrected chi connectivity index (χ0v) is 16.0. The Hall–Kier alpha value is -4.54. The second-order valence-electron chi connectivity index (χ2n) is 5.79. The Kier molecular flexibility index (Phi) is 6.83. The normalized spacial score (nSPS) is 10.0.